The van der Waals surface area contributed by atoms with Crippen LogP contribution in [0.1, 0.15) is 6.92 Å². The number of anilines is 2. The maximum absolute atomic E-state index is 12.7. The average molecular weight is 315 g/mol. The van der Waals surface area contributed by atoms with Crippen LogP contribution in [0.15, 0.2) is 78.9 Å². The van der Waals surface area contributed by atoms with Crippen LogP contribution in [-0.4, -0.2) is 12.0 Å². The van der Waals surface area contributed by atoms with Crippen molar-refractivity contribution in [3.63, 3.8) is 0 Å². The highest BCUT2D eigenvalue weighted by Crippen LogP contribution is 2.41. The van der Waals surface area contributed by atoms with Crippen molar-refractivity contribution in [3.05, 3.63) is 78.9 Å². The van der Waals surface area contributed by atoms with Crippen LogP contribution in [0.4, 0.5) is 11.4 Å². The third kappa shape index (κ3) is 2.44. The second-order valence-corrected chi connectivity index (χ2v) is 5.82. The van der Waals surface area contributed by atoms with E-state index >= 15 is 0 Å². The molecule has 1 heterocycles. The van der Waals surface area contributed by atoms with Crippen LogP contribution in [0, 0.1) is 0 Å². The van der Waals surface area contributed by atoms with Crippen LogP contribution >= 0.6 is 0 Å². The van der Waals surface area contributed by atoms with E-state index in [1.165, 1.54) is 0 Å². The lowest BCUT2D eigenvalue weighted by atomic mass is 10.0. The molecule has 1 atom stereocenters. The second kappa shape index (κ2) is 5.85. The summed E-state index contributed by atoms with van der Waals surface area (Å²) < 4.78 is 5.80. The minimum atomic E-state index is -0.500. The molecule has 3 aromatic carbocycles. The Balaban J connectivity index is 1.87. The van der Waals surface area contributed by atoms with E-state index in [2.05, 4.69) is 12.1 Å². The summed E-state index contributed by atoms with van der Waals surface area (Å²) in [6.45, 7) is 1.78. The zero-order chi connectivity index (χ0) is 16.5. The highest BCUT2D eigenvalue weighted by molar-refractivity contribution is 6.06. The molecule has 4 rings (SSSR count). The third-order valence-electron chi connectivity index (χ3n) is 4.19. The first-order chi connectivity index (χ1) is 11.7. The van der Waals surface area contributed by atoms with Gasteiger partial charge in [-0.05, 0) is 42.3 Å². The molecule has 0 fully saturated rings. The summed E-state index contributed by atoms with van der Waals surface area (Å²) in [4.78, 5) is 14.5. The lowest BCUT2D eigenvalue weighted by molar-refractivity contribution is -0.124. The molecule has 0 saturated carbocycles. The summed E-state index contributed by atoms with van der Waals surface area (Å²) in [7, 11) is 0. The van der Waals surface area contributed by atoms with E-state index in [1.54, 1.807) is 11.8 Å². The van der Waals surface area contributed by atoms with Gasteiger partial charge in [0.1, 0.15) is 5.75 Å². The van der Waals surface area contributed by atoms with Gasteiger partial charge in [0, 0.05) is 5.69 Å². The highest BCUT2D eigenvalue weighted by Gasteiger charge is 2.32. The number of fused-ring (bicyclic) bond motifs is 1. The van der Waals surface area contributed by atoms with Crippen LogP contribution in [0.2, 0.25) is 0 Å². The van der Waals surface area contributed by atoms with Crippen molar-refractivity contribution >= 4 is 17.3 Å². The van der Waals surface area contributed by atoms with Crippen molar-refractivity contribution in [1.82, 2.24) is 0 Å². The SMILES string of the molecule is CC1Oc2ccc(-c3ccccc3)cc2N(c2ccccc2)C1=O. The Labute approximate surface area is 141 Å². The monoisotopic (exact) mass is 315 g/mol. The number of nitrogens with zero attached hydrogens (tertiary/aromatic N) is 1. The molecule has 0 bridgehead atoms. The molecule has 0 N–H and O–H groups in total. The number of benzene rings is 3. The van der Waals surface area contributed by atoms with Crippen LogP contribution in [0.3, 0.4) is 0 Å². The van der Waals surface area contributed by atoms with Gasteiger partial charge >= 0.3 is 0 Å². The number of ether oxygens (including phenoxy) is 1. The van der Waals surface area contributed by atoms with Crippen molar-refractivity contribution in [2.24, 2.45) is 0 Å². The van der Waals surface area contributed by atoms with Gasteiger partial charge in [0.15, 0.2) is 6.10 Å². The van der Waals surface area contributed by atoms with Crippen LogP contribution in [0.25, 0.3) is 11.1 Å². The van der Waals surface area contributed by atoms with Gasteiger partial charge in [-0.3, -0.25) is 9.69 Å². The fourth-order valence-corrected chi connectivity index (χ4v) is 2.99. The largest absolute Gasteiger partial charge is 0.479 e. The van der Waals surface area contributed by atoms with E-state index in [-0.39, 0.29) is 5.91 Å². The topological polar surface area (TPSA) is 29.5 Å². The Morgan fingerprint density at radius 1 is 0.833 bits per heavy atom. The Morgan fingerprint density at radius 3 is 2.21 bits per heavy atom. The van der Waals surface area contributed by atoms with Crippen molar-refractivity contribution < 1.29 is 9.53 Å². The van der Waals surface area contributed by atoms with E-state index in [0.29, 0.717) is 0 Å². The van der Waals surface area contributed by atoms with Crippen molar-refractivity contribution in [3.8, 4) is 16.9 Å². The van der Waals surface area contributed by atoms with E-state index in [1.807, 2.05) is 66.7 Å². The molecule has 1 aliphatic heterocycles. The lowest BCUT2D eigenvalue weighted by Gasteiger charge is -2.33. The van der Waals surface area contributed by atoms with Crippen molar-refractivity contribution in [1.29, 1.82) is 0 Å². The Hall–Kier alpha value is -3.07. The van der Waals surface area contributed by atoms with Gasteiger partial charge in [0.25, 0.3) is 5.91 Å². The summed E-state index contributed by atoms with van der Waals surface area (Å²) in [5.41, 5.74) is 3.80. The van der Waals surface area contributed by atoms with Gasteiger partial charge in [-0.1, -0.05) is 54.6 Å². The maximum atomic E-state index is 12.7. The smallest absolute Gasteiger partial charge is 0.272 e. The van der Waals surface area contributed by atoms with Gasteiger partial charge in [-0.25, -0.2) is 0 Å². The molecule has 1 unspecified atom stereocenters. The zero-order valence-corrected chi connectivity index (χ0v) is 13.3. The predicted molar refractivity (Wildman–Crippen MR) is 95.6 cm³/mol. The molecule has 0 spiro atoms. The van der Waals surface area contributed by atoms with Gasteiger partial charge in [-0.15, -0.1) is 0 Å². The highest BCUT2D eigenvalue weighted by atomic mass is 16.5. The predicted octanol–water partition coefficient (Wildman–Crippen LogP) is 4.80. The van der Waals surface area contributed by atoms with Crippen LogP contribution < -0.4 is 9.64 Å². The number of hydrogen-bond acceptors (Lipinski definition) is 2. The molecule has 1 aliphatic rings. The van der Waals surface area contributed by atoms with Crippen molar-refractivity contribution in [2.75, 3.05) is 4.90 Å². The number of amides is 1. The first kappa shape index (κ1) is 14.5. The van der Waals surface area contributed by atoms with Crippen LogP contribution in [-0.2, 0) is 4.79 Å². The molecular weight excluding hydrogens is 298 g/mol. The number of rotatable bonds is 2. The molecule has 3 aromatic rings. The summed E-state index contributed by atoms with van der Waals surface area (Å²) in [6.07, 6.45) is -0.500. The van der Waals surface area contributed by atoms with E-state index in [0.717, 1.165) is 28.3 Å². The molecule has 0 aromatic heterocycles. The fraction of sp³-hybridized carbons (Fsp3) is 0.0952. The number of carbonyl (C=O) groups is 1. The van der Waals surface area contributed by atoms with E-state index < -0.39 is 6.10 Å². The molecule has 3 nitrogen and oxygen atoms in total. The first-order valence-electron chi connectivity index (χ1n) is 7.99. The third-order valence-corrected chi connectivity index (χ3v) is 4.19. The normalized spacial score (nSPS) is 16.5. The van der Waals surface area contributed by atoms with Gasteiger partial charge in [0.05, 0.1) is 5.69 Å². The van der Waals surface area contributed by atoms with Gasteiger partial charge in [0.2, 0.25) is 0 Å². The van der Waals surface area contributed by atoms with Crippen LogP contribution in [0.5, 0.6) is 5.75 Å². The Bertz CT molecular complexity index is 875. The standard InChI is InChI=1S/C21H17NO2/c1-15-21(23)22(18-10-6-3-7-11-18)19-14-17(12-13-20(19)24-15)16-8-4-2-5-9-16/h2-15H,1H3. The molecule has 0 aliphatic carbocycles. The Morgan fingerprint density at radius 2 is 1.50 bits per heavy atom. The first-order valence-corrected chi connectivity index (χ1v) is 7.99. The van der Waals surface area contributed by atoms with Gasteiger partial charge in [-0.2, -0.15) is 0 Å². The molecule has 118 valence electrons. The number of carbonyl (C=O) groups excluding carboxylic acids is 1. The minimum Gasteiger partial charge on any atom is -0.479 e. The second-order valence-electron chi connectivity index (χ2n) is 5.82. The Kier molecular flexibility index (Phi) is 3.54. The van der Waals surface area contributed by atoms with Crippen molar-refractivity contribution in [2.45, 2.75) is 13.0 Å². The molecule has 0 saturated heterocycles. The maximum Gasteiger partial charge on any atom is 0.272 e. The van der Waals surface area contributed by atoms with Gasteiger partial charge < -0.3 is 4.74 Å². The van der Waals surface area contributed by atoms with E-state index in [9.17, 15) is 4.79 Å². The zero-order valence-electron chi connectivity index (χ0n) is 13.3. The summed E-state index contributed by atoms with van der Waals surface area (Å²) in [6, 6.07) is 25.8. The minimum absolute atomic E-state index is 0.0566. The summed E-state index contributed by atoms with van der Waals surface area (Å²) in [5.74, 6) is 0.671. The summed E-state index contributed by atoms with van der Waals surface area (Å²) >= 11 is 0. The average Bonchev–Trinajstić information content (AvgIpc) is 2.64. The number of hydrogen-bond donors (Lipinski definition) is 0. The lowest BCUT2D eigenvalue weighted by Crippen LogP contribution is -2.41. The molecule has 24 heavy (non-hydrogen) atoms. The number of para-hydroxylation sites is 1. The molecule has 0 radical (unpaired) electrons. The molecule has 1 amide bonds. The quantitative estimate of drug-likeness (QED) is 0.680. The molecular formula is C21H17NO2. The van der Waals surface area contributed by atoms with E-state index in [4.69, 9.17) is 4.74 Å². The summed E-state index contributed by atoms with van der Waals surface area (Å²) in [5, 5.41) is 0. The fourth-order valence-electron chi connectivity index (χ4n) is 2.99. The molecule has 3 heteroatoms.